The van der Waals surface area contributed by atoms with Gasteiger partial charge in [0.2, 0.25) is 0 Å². The summed E-state index contributed by atoms with van der Waals surface area (Å²) in [7, 11) is 1.79. The number of hydrogen-bond donors (Lipinski definition) is 3. The number of para-hydroxylation sites is 1. The number of H-pyrrole nitrogens is 1. The van der Waals surface area contributed by atoms with Crippen LogP contribution in [-0.4, -0.2) is 37.7 Å². The lowest BCUT2D eigenvalue weighted by Gasteiger charge is -2.11. The summed E-state index contributed by atoms with van der Waals surface area (Å²) >= 11 is 0. The minimum Gasteiger partial charge on any atom is -0.382 e. The van der Waals surface area contributed by atoms with Gasteiger partial charge in [-0.05, 0) is 37.3 Å². The third-order valence-corrected chi connectivity index (χ3v) is 3.47. The molecule has 2 rings (SSSR count). The van der Waals surface area contributed by atoms with Gasteiger partial charge in [-0.2, -0.15) is 0 Å². The Morgan fingerprint density at radius 2 is 2.09 bits per heavy atom. The van der Waals surface area contributed by atoms with Crippen LogP contribution in [0.15, 0.2) is 35.3 Å². The zero-order chi connectivity index (χ0) is 15.6. The van der Waals surface area contributed by atoms with Crippen molar-refractivity contribution in [1.29, 1.82) is 0 Å². The van der Waals surface area contributed by atoms with Crippen LogP contribution < -0.4 is 10.6 Å². The van der Waals surface area contributed by atoms with E-state index < -0.39 is 0 Å². The van der Waals surface area contributed by atoms with Gasteiger partial charge in [0.25, 0.3) is 0 Å². The summed E-state index contributed by atoms with van der Waals surface area (Å²) in [5.74, 6) is 0.829. The molecule has 0 atom stereocenters. The first-order valence-electron chi connectivity index (χ1n) is 7.92. The molecular weight excluding hydrogens is 276 g/mol. The average molecular weight is 302 g/mol. The van der Waals surface area contributed by atoms with E-state index in [1.807, 2.05) is 13.0 Å². The van der Waals surface area contributed by atoms with Gasteiger partial charge in [0, 0.05) is 38.0 Å². The van der Waals surface area contributed by atoms with Crippen molar-refractivity contribution in [1.82, 2.24) is 15.6 Å². The van der Waals surface area contributed by atoms with Crippen LogP contribution in [0.5, 0.6) is 0 Å². The van der Waals surface area contributed by atoms with Crippen molar-refractivity contribution >= 4 is 16.9 Å². The molecule has 1 aromatic heterocycles. The number of unbranched alkanes of at least 4 members (excludes halogenated alkanes) is 1. The van der Waals surface area contributed by atoms with E-state index in [1.54, 1.807) is 7.05 Å². The Hall–Kier alpha value is -2.01. The first kappa shape index (κ1) is 16.4. The highest BCUT2D eigenvalue weighted by atomic mass is 16.5. The molecule has 5 nitrogen and oxygen atoms in total. The number of aliphatic imine (C=N–C) groups is 1. The molecule has 1 aromatic carbocycles. The van der Waals surface area contributed by atoms with Crippen molar-refractivity contribution in [3.8, 4) is 0 Å². The highest BCUT2D eigenvalue weighted by molar-refractivity contribution is 5.81. The number of benzene rings is 1. The monoisotopic (exact) mass is 302 g/mol. The van der Waals surface area contributed by atoms with Gasteiger partial charge in [-0.1, -0.05) is 18.2 Å². The number of hydrogen-bond acceptors (Lipinski definition) is 2. The molecule has 22 heavy (non-hydrogen) atoms. The SMILES string of the molecule is CCOCCCCNC(=NC)NCc1cc2ccccc2[nH]1. The van der Waals surface area contributed by atoms with Crippen molar-refractivity contribution in [2.75, 3.05) is 26.8 Å². The highest BCUT2D eigenvalue weighted by Crippen LogP contribution is 2.14. The highest BCUT2D eigenvalue weighted by Gasteiger charge is 2.01. The molecule has 0 unspecified atom stereocenters. The van der Waals surface area contributed by atoms with Crippen LogP contribution in [0.25, 0.3) is 10.9 Å². The summed E-state index contributed by atoms with van der Waals surface area (Å²) in [5.41, 5.74) is 2.32. The Kier molecular flexibility index (Phi) is 6.77. The smallest absolute Gasteiger partial charge is 0.191 e. The van der Waals surface area contributed by atoms with E-state index in [0.29, 0.717) is 0 Å². The number of aromatic nitrogens is 1. The number of fused-ring (bicyclic) bond motifs is 1. The Labute approximate surface area is 132 Å². The maximum absolute atomic E-state index is 5.32. The molecule has 1 heterocycles. The fourth-order valence-electron chi connectivity index (χ4n) is 2.31. The van der Waals surface area contributed by atoms with E-state index in [4.69, 9.17) is 4.74 Å². The first-order chi connectivity index (χ1) is 10.8. The Bertz CT molecular complexity index is 558. The van der Waals surface area contributed by atoms with Crippen LogP contribution in [0.3, 0.4) is 0 Å². The second kappa shape index (κ2) is 9.10. The molecular formula is C17H26N4O. The van der Waals surface area contributed by atoms with Gasteiger partial charge in [0.15, 0.2) is 5.96 Å². The van der Waals surface area contributed by atoms with Crippen LogP contribution in [0.1, 0.15) is 25.5 Å². The van der Waals surface area contributed by atoms with E-state index in [9.17, 15) is 0 Å². The van der Waals surface area contributed by atoms with E-state index in [1.165, 1.54) is 5.39 Å². The summed E-state index contributed by atoms with van der Waals surface area (Å²) in [4.78, 5) is 7.64. The second-order valence-corrected chi connectivity index (χ2v) is 5.14. The minimum absolute atomic E-state index is 0.729. The fourth-order valence-corrected chi connectivity index (χ4v) is 2.31. The molecule has 0 bridgehead atoms. The van der Waals surface area contributed by atoms with Crippen LogP contribution in [0.4, 0.5) is 0 Å². The molecule has 0 fully saturated rings. The molecule has 0 saturated carbocycles. The van der Waals surface area contributed by atoms with Crippen LogP contribution >= 0.6 is 0 Å². The van der Waals surface area contributed by atoms with E-state index in [0.717, 1.165) is 56.3 Å². The number of aromatic amines is 1. The molecule has 3 N–H and O–H groups in total. The molecule has 0 spiro atoms. The van der Waals surface area contributed by atoms with Gasteiger partial charge in [0.05, 0.1) is 6.54 Å². The van der Waals surface area contributed by atoms with Crippen LogP contribution in [0.2, 0.25) is 0 Å². The fraction of sp³-hybridized carbons (Fsp3) is 0.471. The normalized spacial score (nSPS) is 11.8. The van der Waals surface area contributed by atoms with E-state index in [-0.39, 0.29) is 0 Å². The second-order valence-electron chi connectivity index (χ2n) is 5.14. The lowest BCUT2D eigenvalue weighted by molar-refractivity contribution is 0.143. The van der Waals surface area contributed by atoms with Crippen molar-refractivity contribution in [3.63, 3.8) is 0 Å². The summed E-state index contributed by atoms with van der Waals surface area (Å²) in [6.07, 6.45) is 2.15. The first-order valence-corrected chi connectivity index (χ1v) is 7.92. The van der Waals surface area contributed by atoms with E-state index in [2.05, 4.69) is 44.9 Å². The van der Waals surface area contributed by atoms with Crippen LogP contribution in [0, 0.1) is 0 Å². The maximum atomic E-state index is 5.32. The van der Waals surface area contributed by atoms with Gasteiger partial charge in [-0.25, -0.2) is 0 Å². The van der Waals surface area contributed by atoms with Gasteiger partial charge in [-0.3, -0.25) is 4.99 Å². The van der Waals surface area contributed by atoms with Gasteiger partial charge >= 0.3 is 0 Å². The lowest BCUT2D eigenvalue weighted by atomic mass is 10.2. The van der Waals surface area contributed by atoms with E-state index >= 15 is 0 Å². The summed E-state index contributed by atoms with van der Waals surface area (Å²) in [6.45, 7) is 5.28. The number of guanidine groups is 1. The Morgan fingerprint density at radius 3 is 2.86 bits per heavy atom. The summed E-state index contributed by atoms with van der Waals surface area (Å²) < 4.78 is 5.32. The molecule has 2 aromatic rings. The number of rotatable bonds is 8. The van der Waals surface area contributed by atoms with Crippen molar-refractivity contribution < 1.29 is 4.74 Å². The molecule has 0 aliphatic heterocycles. The maximum Gasteiger partial charge on any atom is 0.191 e. The summed E-state index contributed by atoms with van der Waals surface area (Å²) in [6, 6.07) is 10.5. The predicted molar refractivity (Wildman–Crippen MR) is 92.2 cm³/mol. The van der Waals surface area contributed by atoms with Crippen molar-refractivity contribution in [2.24, 2.45) is 4.99 Å². The standard InChI is InChI=1S/C17H26N4O/c1-3-22-11-7-6-10-19-17(18-2)20-13-15-12-14-8-4-5-9-16(14)21-15/h4-5,8-9,12,21H,3,6-7,10-11,13H2,1-2H3,(H2,18,19,20). The zero-order valence-corrected chi connectivity index (χ0v) is 13.5. The van der Waals surface area contributed by atoms with Crippen LogP contribution in [-0.2, 0) is 11.3 Å². The largest absolute Gasteiger partial charge is 0.382 e. The quantitative estimate of drug-likeness (QED) is 0.399. The van der Waals surface area contributed by atoms with Crippen molar-refractivity contribution in [2.45, 2.75) is 26.3 Å². The molecule has 120 valence electrons. The topological polar surface area (TPSA) is 61.4 Å². The minimum atomic E-state index is 0.729. The Morgan fingerprint density at radius 1 is 1.23 bits per heavy atom. The third-order valence-electron chi connectivity index (χ3n) is 3.47. The van der Waals surface area contributed by atoms with Gasteiger partial charge < -0.3 is 20.4 Å². The molecule has 0 amide bonds. The molecule has 5 heteroatoms. The summed E-state index contributed by atoms with van der Waals surface area (Å²) in [5, 5.41) is 7.88. The third kappa shape index (κ3) is 5.07. The lowest BCUT2D eigenvalue weighted by Crippen LogP contribution is -2.37. The van der Waals surface area contributed by atoms with Crippen molar-refractivity contribution in [3.05, 3.63) is 36.0 Å². The van der Waals surface area contributed by atoms with Gasteiger partial charge in [0.1, 0.15) is 0 Å². The number of nitrogens with one attached hydrogen (secondary N) is 3. The Balaban J connectivity index is 1.71. The van der Waals surface area contributed by atoms with Gasteiger partial charge in [-0.15, -0.1) is 0 Å². The number of nitrogens with zero attached hydrogens (tertiary/aromatic N) is 1. The molecule has 0 aliphatic rings. The predicted octanol–water partition coefficient (Wildman–Crippen LogP) is 2.65. The molecule has 0 saturated heterocycles. The molecule has 0 radical (unpaired) electrons. The zero-order valence-electron chi connectivity index (χ0n) is 13.5. The number of ether oxygens (including phenoxy) is 1. The molecule has 0 aliphatic carbocycles. The average Bonchev–Trinajstić information content (AvgIpc) is 2.96.